The van der Waals surface area contributed by atoms with Crippen molar-refractivity contribution in [3.8, 4) is 0 Å². The van der Waals surface area contributed by atoms with Gasteiger partial charge in [-0.3, -0.25) is 0 Å². The molecule has 0 radical (unpaired) electrons. The summed E-state index contributed by atoms with van der Waals surface area (Å²) in [7, 11) is -3.44. The molecule has 0 amide bonds. The predicted octanol–water partition coefficient (Wildman–Crippen LogP) is 1.67. The number of para-hydroxylation sites is 1. The van der Waals surface area contributed by atoms with Crippen molar-refractivity contribution >= 4 is 15.7 Å². The van der Waals surface area contributed by atoms with Gasteiger partial charge in [-0.2, -0.15) is 0 Å². The van der Waals surface area contributed by atoms with Crippen LogP contribution in [0.3, 0.4) is 0 Å². The number of rotatable bonds is 8. The third kappa shape index (κ3) is 4.19. The molecular weight excluding hydrogens is 274 g/mol. The molecular formula is C14H23N3O2S. The van der Waals surface area contributed by atoms with E-state index in [4.69, 9.17) is 5.73 Å². The summed E-state index contributed by atoms with van der Waals surface area (Å²) in [4.78, 5) is 0.301. The van der Waals surface area contributed by atoms with E-state index in [0.717, 1.165) is 25.7 Å². The normalized spacial score (nSPS) is 16.9. The van der Waals surface area contributed by atoms with E-state index >= 15 is 0 Å². The Hall–Kier alpha value is -1.11. The van der Waals surface area contributed by atoms with E-state index in [0.29, 0.717) is 17.1 Å². The van der Waals surface area contributed by atoms with Gasteiger partial charge in [-0.1, -0.05) is 25.5 Å². The van der Waals surface area contributed by atoms with Crippen LogP contribution >= 0.6 is 0 Å². The molecule has 1 fully saturated rings. The van der Waals surface area contributed by atoms with Gasteiger partial charge in [0.05, 0.1) is 5.69 Å². The van der Waals surface area contributed by atoms with E-state index in [1.165, 1.54) is 0 Å². The first-order valence-corrected chi connectivity index (χ1v) is 8.62. The molecule has 6 heteroatoms. The average molecular weight is 297 g/mol. The van der Waals surface area contributed by atoms with Gasteiger partial charge in [0.15, 0.2) is 0 Å². The summed E-state index contributed by atoms with van der Waals surface area (Å²) < 4.78 is 27.3. The molecule has 1 unspecified atom stereocenters. The maximum absolute atomic E-state index is 12.3. The van der Waals surface area contributed by atoms with Gasteiger partial charge in [0.1, 0.15) is 4.90 Å². The summed E-state index contributed by atoms with van der Waals surface area (Å²) in [5.41, 5.74) is 6.57. The lowest BCUT2D eigenvalue weighted by Crippen LogP contribution is -2.30. The molecule has 0 spiro atoms. The highest BCUT2D eigenvalue weighted by Crippen LogP contribution is 2.25. The summed E-state index contributed by atoms with van der Waals surface area (Å²) >= 11 is 0. The van der Waals surface area contributed by atoms with Crippen LogP contribution in [0.15, 0.2) is 29.2 Å². The second-order valence-corrected chi connectivity index (χ2v) is 7.00. The van der Waals surface area contributed by atoms with Gasteiger partial charge < -0.3 is 11.1 Å². The fourth-order valence-corrected chi connectivity index (χ4v) is 3.53. The summed E-state index contributed by atoms with van der Waals surface area (Å²) in [6.45, 7) is 2.65. The molecule has 112 valence electrons. The number of sulfonamides is 1. The van der Waals surface area contributed by atoms with Crippen LogP contribution in [0.2, 0.25) is 0 Å². The van der Waals surface area contributed by atoms with Crippen molar-refractivity contribution in [1.29, 1.82) is 0 Å². The van der Waals surface area contributed by atoms with Gasteiger partial charge in [0, 0.05) is 18.6 Å². The molecule has 20 heavy (non-hydrogen) atoms. The van der Waals surface area contributed by atoms with Crippen molar-refractivity contribution in [2.75, 3.05) is 11.9 Å². The van der Waals surface area contributed by atoms with Gasteiger partial charge in [-0.25, -0.2) is 13.1 Å². The number of nitrogens with one attached hydrogen (secondary N) is 2. The Morgan fingerprint density at radius 2 is 2.05 bits per heavy atom. The van der Waals surface area contributed by atoms with E-state index in [1.54, 1.807) is 18.2 Å². The van der Waals surface area contributed by atoms with Crippen molar-refractivity contribution < 1.29 is 8.42 Å². The van der Waals surface area contributed by atoms with Gasteiger partial charge in [0.25, 0.3) is 0 Å². The smallest absolute Gasteiger partial charge is 0.242 e. The summed E-state index contributed by atoms with van der Waals surface area (Å²) in [6, 6.07) is 7.10. The Labute approximate surface area is 121 Å². The highest BCUT2D eigenvalue weighted by molar-refractivity contribution is 7.89. The minimum Gasteiger partial charge on any atom is -0.382 e. The number of hydrogen-bond donors (Lipinski definition) is 3. The molecule has 1 aliphatic carbocycles. The second-order valence-electron chi connectivity index (χ2n) is 5.32. The molecule has 1 aromatic carbocycles. The molecule has 1 aliphatic rings. The van der Waals surface area contributed by atoms with Crippen LogP contribution in [0.4, 0.5) is 5.69 Å². The van der Waals surface area contributed by atoms with Crippen molar-refractivity contribution in [3.05, 3.63) is 24.3 Å². The van der Waals surface area contributed by atoms with Crippen LogP contribution in [0.25, 0.3) is 0 Å². The Kier molecular flexibility index (Phi) is 5.01. The zero-order valence-corrected chi connectivity index (χ0v) is 12.6. The van der Waals surface area contributed by atoms with E-state index in [-0.39, 0.29) is 12.1 Å². The molecule has 0 saturated heterocycles. The van der Waals surface area contributed by atoms with Crippen LogP contribution in [0.1, 0.15) is 32.6 Å². The molecule has 1 aromatic rings. The third-order valence-electron chi connectivity index (χ3n) is 3.29. The van der Waals surface area contributed by atoms with Crippen molar-refractivity contribution in [2.45, 2.75) is 49.6 Å². The SMILES string of the molecule is CCCC(N)CNc1ccccc1S(=O)(=O)NC1CC1. The van der Waals surface area contributed by atoms with Crippen LogP contribution in [-0.4, -0.2) is 27.0 Å². The number of anilines is 1. The Bertz CT molecular complexity index is 541. The van der Waals surface area contributed by atoms with Crippen molar-refractivity contribution in [1.82, 2.24) is 4.72 Å². The number of hydrogen-bond acceptors (Lipinski definition) is 4. The van der Waals surface area contributed by atoms with Gasteiger partial charge >= 0.3 is 0 Å². The van der Waals surface area contributed by atoms with E-state index in [1.807, 2.05) is 6.07 Å². The highest BCUT2D eigenvalue weighted by atomic mass is 32.2. The summed E-state index contributed by atoms with van der Waals surface area (Å²) in [5, 5.41) is 3.15. The zero-order chi connectivity index (χ0) is 14.6. The van der Waals surface area contributed by atoms with Crippen LogP contribution in [0.5, 0.6) is 0 Å². The lowest BCUT2D eigenvalue weighted by Gasteiger charge is -2.16. The quantitative estimate of drug-likeness (QED) is 0.681. The standard InChI is InChI=1S/C14H23N3O2S/c1-2-5-11(15)10-16-13-6-3-4-7-14(13)20(18,19)17-12-8-9-12/h3-4,6-7,11-12,16-17H,2,5,8-10,15H2,1H3. The Morgan fingerprint density at radius 1 is 1.35 bits per heavy atom. The molecule has 1 saturated carbocycles. The van der Waals surface area contributed by atoms with Gasteiger partial charge in [0.2, 0.25) is 10.0 Å². The lowest BCUT2D eigenvalue weighted by molar-refractivity contribution is 0.581. The van der Waals surface area contributed by atoms with Gasteiger partial charge in [-0.15, -0.1) is 0 Å². The third-order valence-corrected chi connectivity index (χ3v) is 4.87. The number of benzene rings is 1. The van der Waals surface area contributed by atoms with Crippen LogP contribution in [-0.2, 0) is 10.0 Å². The second kappa shape index (κ2) is 6.56. The predicted molar refractivity (Wildman–Crippen MR) is 81.2 cm³/mol. The first-order valence-electron chi connectivity index (χ1n) is 7.13. The van der Waals surface area contributed by atoms with Crippen molar-refractivity contribution in [2.24, 2.45) is 5.73 Å². The van der Waals surface area contributed by atoms with Crippen LogP contribution < -0.4 is 15.8 Å². The first-order chi connectivity index (χ1) is 9.53. The maximum atomic E-state index is 12.3. The highest BCUT2D eigenvalue weighted by Gasteiger charge is 2.29. The summed E-state index contributed by atoms with van der Waals surface area (Å²) in [6.07, 6.45) is 3.79. The van der Waals surface area contributed by atoms with Gasteiger partial charge in [-0.05, 0) is 31.4 Å². The minimum atomic E-state index is -3.44. The largest absolute Gasteiger partial charge is 0.382 e. The molecule has 0 aliphatic heterocycles. The van der Waals surface area contributed by atoms with E-state index < -0.39 is 10.0 Å². The fourth-order valence-electron chi connectivity index (χ4n) is 2.05. The fraction of sp³-hybridized carbons (Fsp3) is 0.571. The average Bonchev–Trinajstić information content (AvgIpc) is 3.20. The maximum Gasteiger partial charge on any atom is 0.242 e. The lowest BCUT2D eigenvalue weighted by atomic mass is 10.2. The molecule has 0 bridgehead atoms. The topological polar surface area (TPSA) is 84.2 Å². The Morgan fingerprint density at radius 3 is 2.70 bits per heavy atom. The van der Waals surface area contributed by atoms with E-state index in [2.05, 4.69) is 17.0 Å². The molecule has 4 N–H and O–H groups in total. The van der Waals surface area contributed by atoms with Crippen LogP contribution in [0, 0.1) is 0 Å². The van der Waals surface area contributed by atoms with E-state index in [9.17, 15) is 8.42 Å². The first kappa shape index (κ1) is 15.3. The molecule has 1 atom stereocenters. The molecule has 2 rings (SSSR count). The molecule has 0 heterocycles. The monoisotopic (exact) mass is 297 g/mol. The number of nitrogens with two attached hydrogens (primary N) is 1. The molecule has 0 aromatic heterocycles. The van der Waals surface area contributed by atoms with Crippen molar-refractivity contribution in [3.63, 3.8) is 0 Å². The minimum absolute atomic E-state index is 0.0344. The Balaban J connectivity index is 2.09. The summed E-state index contributed by atoms with van der Waals surface area (Å²) in [5.74, 6) is 0. The zero-order valence-electron chi connectivity index (χ0n) is 11.8. The molecule has 5 nitrogen and oxygen atoms in total.